The number of hydrogen-bond acceptors (Lipinski definition) is 7. The summed E-state index contributed by atoms with van der Waals surface area (Å²) in [6.45, 7) is 10.7. The van der Waals surface area contributed by atoms with Gasteiger partial charge < -0.3 is 15.0 Å². The number of rotatable bonds is 5. The van der Waals surface area contributed by atoms with Crippen LogP contribution in [0.5, 0.6) is 0 Å². The summed E-state index contributed by atoms with van der Waals surface area (Å²) in [7, 11) is 0. The molecule has 36 heavy (non-hydrogen) atoms. The summed E-state index contributed by atoms with van der Waals surface area (Å²) < 4.78 is 7.14. The molecule has 1 aliphatic heterocycles. The standard InChI is InChI=1S/C27H32N6O3/c1-6-22(7-2)33-23-20(12-19(14-28)24(33)34)15-29-25(31-23)30-21-9-8-18-16-32(11-10-17(18)13-21)26(35)36-27(3,4)5/h8-9,12-13,15,22H,6-7,10-11,16H2,1-5H3,(H,29,30,31). The smallest absolute Gasteiger partial charge is 0.410 e. The molecule has 0 unspecified atom stereocenters. The number of ether oxygens (including phenoxy) is 1. The van der Waals surface area contributed by atoms with Gasteiger partial charge in [-0.3, -0.25) is 9.36 Å². The molecule has 0 saturated heterocycles. The fraction of sp³-hybridized carbons (Fsp3) is 0.444. The van der Waals surface area contributed by atoms with Crippen LogP contribution in [0.4, 0.5) is 16.4 Å². The minimum absolute atomic E-state index is 0.0623. The van der Waals surface area contributed by atoms with Crippen LogP contribution in [0.15, 0.2) is 35.3 Å². The van der Waals surface area contributed by atoms with E-state index in [1.54, 1.807) is 21.7 Å². The van der Waals surface area contributed by atoms with Crippen LogP contribution < -0.4 is 10.9 Å². The first-order valence-corrected chi connectivity index (χ1v) is 12.3. The molecule has 0 spiro atoms. The Bertz CT molecular complexity index is 1400. The summed E-state index contributed by atoms with van der Waals surface area (Å²) in [5.74, 6) is 0.373. The SMILES string of the molecule is CCC(CC)n1c(=O)c(C#N)cc2cnc(Nc3ccc4c(c3)CCN(C(=O)OC(C)(C)C)C4)nc21. The predicted molar refractivity (Wildman–Crippen MR) is 138 cm³/mol. The van der Waals surface area contributed by atoms with Gasteiger partial charge in [-0.15, -0.1) is 0 Å². The first kappa shape index (κ1) is 25.2. The van der Waals surface area contributed by atoms with Crippen LogP contribution >= 0.6 is 0 Å². The van der Waals surface area contributed by atoms with Crippen molar-refractivity contribution >= 4 is 28.8 Å². The molecule has 0 aliphatic carbocycles. The zero-order chi connectivity index (χ0) is 26.0. The van der Waals surface area contributed by atoms with Crippen molar-refractivity contribution in [3.8, 4) is 6.07 Å². The van der Waals surface area contributed by atoms with Crippen molar-refractivity contribution < 1.29 is 9.53 Å². The lowest BCUT2D eigenvalue weighted by atomic mass is 9.99. The predicted octanol–water partition coefficient (Wildman–Crippen LogP) is 5.06. The maximum atomic E-state index is 13.0. The second-order valence-electron chi connectivity index (χ2n) is 10.0. The Morgan fingerprint density at radius 2 is 1.97 bits per heavy atom. The lowest BCUT2D eigenvalue weighted by Gasteiger charge is -2.31. The van der Waals surface area contributed by atoms with E-state index in [0.717, 1.165) is 29.7 Å². The molecular weight excluding hydrogens is 456 g/mol. The Hall–Kier alpha value is -3.93. The fourth-order valence-electron chi connectivity index (χ4n) is 4.50. The maximum Gasteiger partial charge on any atom is 0.410 e. The first-order chi connectivity index (χ1) is 17.1. The third-order valence-electron chi connectivity index (χ3n) is 6.33. The average Bonchev–Trinajstić information content (AvgIpc) is 2.84. The van der Waals surface area contributed by atoms with Gasteiger partial charge in [0.1, 0.15) is 22.9 Å². The lowest BCUT2D eigenvalue weighted by molar-refractivity contribution is 0.0224. The fourth-order valence-corrected chi connectivity index (χ4v) is 4.50. The monoisotopic (exact) mass is 488 g/mol. The lowest BCUT2D eigenvalue weighted by Crippen LogP contribution is -2.39. The molecule has 0 atom stereocenters. The van der Waals surface area contributed by atoms with Crippen molar-refractivity contribution in [2.75, 3.05) is 11.9 Å². The third kappa shape index (κ3) is 5.18. The van der Waals surface area contributed by atoms with Gasteiger partial charge in [0, 0.05) is 36.4 Å². The number of benzene rings is 1. The van der Waals surface area contributed by atoms with Crippen molar-refractivity contribution in [1.82, 2.24) is 19.4 Å². The van der Waals surface area contributed by atoms with Crippen molar-refractivity contribution in [1.29, 1.82) is 5.26 Å². The van der Waals surface area contributed by atoms with E-state index < -0.39 is 5.60 Å². The Morgan fingerprint density at radius 1 is 1.22 bits per heavy atom. The van der Waals surface area contributed by atoms with Crippen LogP contribution in [0.1, 0.15) is 70.2 Å². The minimum Gasteiger partial charge on any atom is -0.444 e. The summed E-state index contributed by atoms with van der Waals surface area (Å²) in [6, 6.07) is 9.45. The quantitative estimate of drug-likeness (QED) is 0.534. The Morgan fingerprint density at radius 3 is 2.64 bits per heavy atom. The van der Waals surface area contributed by atoms with Gasteiger partial charge in [-0.1, -0.05) is 19.9 Å². The summed E-state index contributed by atoms with van der Waals surface area (Å²) >= 11 is 0. The van der Waals surface area contributed by atoms with Crippen molar-refractivity contribution in [3.05, 3.63) is 57.5 Å². The molecule has 4 rings (SSSR count). The Kier molecular flexibility index (Phi) is 6.97. The number of amides is 1. The summed E-state index contributed by atoms with van der Waals surface area (Å²) in [4.78, 5) is 36.2. The molecular formula is C27H32N6O3. The van der Waals surface area contributed by atoms with Gasteiger partial charge in [-0.05, 0) is 69.4 Å². The Labute approximate surface area is 210 Å². The molecule has 3 aromatic rings. The van der Waals surface area contributed by atoms with Gasteiger partial charge in [0.25, 0.3) is 5.56 Å². The Balaban J connectivity index is 1.61. The number of nitrogens with one attached hydrogen (secondary N) is 1. The van der Waals surface area contributed by atoms with Gasteiger partial charge in [-0.2, -0.15) is 10.2 Å². The first-order valence-electron chi connectivity index (χ1n) is 12.3. The molecule has 1 aromatic carbocycles. The van der Waals surface area contributed by atoms with E-state index in [9.17, 15) is 14.9 Å². The van der Waals surface area contributed by atoms with E-state index in [0.29, 0.717) is 36.5 Å². The minimum atomic E-state index is -0.527. The second-order valence-corrected chi connectivity index (χ2v) is 10.0. The van der Waals surface area contributed by atoms with E-state index in [-0.39, 0.29) is 23.3 Å². The van der Waals surface area contributed by atoms with Crippen molar-refractivity contribution in [2.24, 2.45) is 0 Å². The second kappa shape index (κ2) is 9.97. The van der Waals surface area contributed by atoms with Crippen LogP contribution in [0.25, 0.3) is 11.0 Å². The number of carbonyl (C=O) groups is 1. The zero-order valence-corrected chi connectivity index (χ0v) is 21.5. The largest absolute Gasteiger partial charge is 0.444 e. The highest BCUT2D eigenvalue weighted by Gasteiger charge is 2.26. The molecule has 0 bridgehead atoms. The molecule has 2 aromatic heterocycles. The molecule has 0 fully saturated rings. The van der Waals surface area contributed by atoms with Gasteiger partial charge in [0.05, 0.1) is 0 Å². The molecule has 188 valence electrons. The van der Waals surface area contributed by atoms with E-state index in [4.69, 9.17) is 4.74 Å². The van der Waals surface area contributed by atoms with E-state index in [1.807, 2.05) is 58.9 Å². The molecule has 1 amide bonds. The van der Waals surface area contributed by atoms with Crippen LogP contribution in [0.2, 0.25) is 0 Å². The molecule has 9 heteroatoms. The highest BCUT2D eigenvalue weighted by atomic mass is 16.6. The highest BCUT2D eigenvalue weighted by Crippen LogP contribution is 2.26. The van der Waals surface area contributed by atoms with Crippen molar-refractivity contribution in [3.63, 3.8) is 0 Å². The molecule has 0 radical (unpaired) electrons. The van der Waals surface area contributed by atoms with E-state index in [2.05, 4.69) is 15.3 Å². The van der Waals surface area contributed by atoms with Crippen LogP contribution in [-0.4, -0.2) is 37.7 Å². The summed E-state index contributed by atoms with van der Waals surface area (Å²) in [6.07, 6.45) is 3.55. The maximum absolute atomic E-state index is 13.0. The van der Waals surface area contributed by atoms with Gasteiger partial charge in [0.15, 0.2) is 0 Å². The molecule has 9 nitrogen and oxygen atoms in total. The number of nitriles is 1. The van der Waals surface area contributed by atoms with Crippen LogP contribution in [-0.2, 0) is 17.7 Å². The molecule has 1 aliphatic rings. The van der Waals surface area contributed by atoms with Crippen LogP contribution in [0, 0.1) is 11.3 Å². The van der Waals surface area contributed by atoms with Crippen LogP contribution in [0.3, 0.4) is 0 Å². The van der Waals surface area contributed by atoms with Gasteiger partial charge in [0.2, 0.25) is 5.95 Å². The number of pyridine rings is 1. The number of aromatic nitrogens is 3. The number of nitrogens with zero attached hydrogens (tertiary/aromatic N) is 5. The van der Waals surface area contributed by atoms with Gasteiger partial charge in [-0.25, -0.2) is 9.78 Å². The third-order valence-corrected chi connectivity index (χ3v) is 6.33. The normalized spacial score (nSPS) is 13.4. The number of anilines is 2. The summed E-state index contributed by atoms with van der Waals surface area (Å²) in [5.41, 5.74) is 2.79. The summed E-state index contributed by atoms with van der Waals surface area (Å²) in [5, 5.41) is 13.3. The molecule has 0 saturated carbocycles. The zero-order valence-electron chi connectivity index (χ0n) is 21.5. The van der Waals surface area contributed by atoms with Gasteiger partial charge >= 0.3 is 6.09 Å². The molecule has 3 heterocycles. The number of hydrogen-bond donors (Lipinski definition) is 1. The van der Waals surface area contributed by atoms with E-state index >= 15 is 0 Å². The number of fused-ring (bicyclic) bond motifs is 2. The van der Waals surface area contributed by atoms with Crippen molar-refractivity contribution in [2.45, 2.75) is 72.1 Å². The average molecular weight is 489 g/mol. The topological polar surface area (TPSA) is 113 Å². The number of carbonyl (C=O) groups excluding carboxylic acids is 1. The van der Waals surface area contributed by atoms with E-state index in [1.165, 1.54) is 0 Å². The highest BCUT2D eigenvalue weighted by molar-refractivity contribution is 5.77. The molecule has 1 N–H and O–H groups in total.